The van der Waals surface area contributed by atoms with Gasteiger partial charge in [0.25, 0.3) is 0 Å². The highest BCUT2D eigenvalue weighted by atomic mass is 16.3. The quantitative estimate of drug-likeness (QED) is 0.785. The van der Waals surface area contributed by atoms with Crippen molar-refractivity contribution in [2.24, 2.45) is 0 Å². The number of hydrogen-bond donors (Lipinski definition) is 1. The molecule has 0 saturated carbocycles. The molecule has 0 atom stereocenters. The molecule has 18 heavy (non-hydrogen) atoms. The van der Waals surface area contributed by atoms with E-state index >= 15 is 0 Å². The fraction of sp³-hybridized carbons (Fsp3) is 0.500. The summed E-state index contributed by atoms with van der Waals surface area (Å²) in [5.41, 5.74) is 0. The third kappa shape index (κ3) is 3.23. The fourth-order valence-electron chi connectivity index (χ4n) is 2.20. The van der Waals surface area contributed by atoms with Crippen molar-refractivity contribution in [2.45, 2.75) is 13.8 Å². The van der Waals surface area contributed by atoms with Gasteiger partial charge in [-0.15, -0.1) is 0 Å². The maximum Gasteiger partial charge on any atom is 0.247 e. The molecular weight excluding hydrogens is 228 g/mol. The van der Waals surface area contributed by atoms with Gasteiger partial charge in [0.15, 0.2) is 0 Å². The van der Waals surface area contributed by atoms with E-state index in [-0.39, 0.29) is 5.91 Å². The van der Waals surface area contributed by atoms with Crippen LogP contribution in [-0.4, -0.2) is 43.5 Å². The summed E-state index contributed by atoms with van der Waals surface area (Å²) in [6.07, 6.45) is 3.35. The minimum Gasteiger partial charge on any atom is -0.462 e. The van der Waals surface area contributed by atoms with Gasteiger partial charge in [0.1, 0.15) is 11.5 Å². The summed E-state index contributed by atoms with van der Waals surface area (Å²) >= 11 is 0. The fourth-order valence-corrected chi connectivity index (χ4v) is 2.20. The zero-order valence-electron chi connectivity index (χ0n) is 11.1. The van der Waals surface area contributed by atoms with E-state index in [9.17, 15) is 4.79 Å². The Morgan fingerprint density at radius 1 is 1.44 bits per heavy atom. The van der Waals surface area contributed by atoms with Gasteiger partial charge in [-0.3, -0.25) is 4.79 Å². The first-order valence-electron chi connectivity index (χ1n) is 6.56. The zero-order chi connectivity index (χ0) is 13.0. The van der Waals surface area contributed by atoms with Gasteiger partial charge < -0.3 is 14.2 Å². The normalized spacial score (nSPS) is 17.6. The number of furan rings is 1. The van der Waals surface area contributed by atoms with Crippen LogP contribution in [0.4, 0.5) is 0 Å². The average molecular weight is 249 g/mol. The second kappa shape index (κ2) is 5.87. The van der Waals surface area contributed by atoms with Crippen molar-refractivity contribution in [2.75, 3.05) is 32.7 Å². The molecule has 98 valence electrons. The highest BCUT2D eigenvalue weighted by Gasteiger charge is 2.20. The topological polar surface area (TPSA) is 37.9 Å². The number of aryl methyl sites for hydroxylation is 1. The minimum absolute atomic E-state index is 0.0826. The minimum atomic E-state index is 0.0826. The standard InChI is InChI=1S/C14H20N2O2/c1-3-15-8-10-16(11-9-15)14(17)7-6-13-5-4-12(2)18-13/h4-7H,3,8-11H2,1-2H3/p+1/b7-6-. The average Bonchev–Trinajstić information content (AvgIpc) is 2.82. The molecule has 1 amide bonds. The molecule has 4 nitrogen and oxygen atoms in total. The van der Waals surface area contributed by atoms with Crippen LogP contribution in [0.15, 0.2) is 22.6 Å². The van der Waals surface area contributed by atoms with E-state index in [1.54, 1.807) is 17.1 Å². The number of amides is 1. The number of rotatable bonds is 3. The van der Waals surface area contributed by atoms with Crippen molar-refractivity contribution in [3.05, 3.63) is 29.7 Å². The van der Waals surface area contributed by atoms with Gasteiger partial charge in [-0.2, -0.15) is 0 Å². The predicted octanol–water partition coefficient (Wildman–Crippen LogP) is 0.348. The van der Waals surface area contributed by atoms with Gasteiger partial charge in [0, 0.05) is 6.08 Å². The molecule has 1 fully saturated rings. The molecule has 0 unspecified atom stereocenters. The van der Waals surface area contributed by atoms with Crippen LogP contribution in [0.25, 0.3) is 6.08 Å². The summed E-state index contributed by atoms with van der Waals surface area (Å²) in [5.74, 6) is 1.68. The number of hydrogen-bond acceptors (Lipinski definition) is 2. The van der Waals surface area contributed by atoms with Gasteiger partial charge in [-0.05, 0) is 32.1 Å². The number of quaternary nitrogens is 1. The smallest absolute Gasteiger partial charge is 0.247 e. The highest BCUT2D eigenvalue weighted by molar-refractivity contribution is 5.91. The summed E-state index contributed by atoms with van der Waals surface area (Å²) in [6, 6.07) is 3.77. The van der Waals surface area contributed by atoms with Crippen molar-refractivity contribution in [1.29, 1.82) is 0 Å². The summed E-state index contributed by atoms with van der Waals surface area (Å²) in [5, 5.41) is 0. The third-order valence-electron chi connectivity index (χ3n) is 3.43. The van der Waals surface area contributed by atoms with E-state index in [4.69, 9.17) is 4.42 Å². The lowest BCUT2D eigenvalue weighted by atomic mass is 10.3. The van der Waals surface area contributed by atoms with Crippen molar-refractivity contribution in [3.63, 3.8) is 0 Å². The van der Waals surface area contributed by atoms with E-state index in [1.165, 1.54) is 0 Å². The molecule has 1 aromatic heterocycles. The molecule has 0 radical (unpaired) electrons. The van der Waals surface area contributed by atoms with Crippen LogP contribution in [0.3, 0.4) is 0 Å². The Bertz CT molecular complexity index is 429. The molecule has 1 N–H and O–H groups in total. The molecule has 4 heteroatoms. The number of nitrogens with zero attached hydrogens (tertiary/aromatic N) is 1. The van der Waals surface area contributed by atoms with Gasteiger partial charge in [0.2, 0.25) is 5.91 Å². The van der Waals surface area contributed by atoms with Crippen LogP contribution in [0.2, 0.25) is 0 Å². The lowest BCUT2D eigenvalue weighted by Gasteiger charge is -2.30. The first-order chi connectivity index (χ1) is 8.69. The summed E-state index contributed by atoms with van der Waals surface area (Å²) < 4.78 is 5.39. The maximum absolute atomic E-state index is 12.0. The monoisotopic (exact) mass is 249 g/mol. The van der Waals surface area contributed by atoms with E-state index < -0.39 is 0 Å². The predicted molar refractivity (Wildman–Crippen MR) is 70.3 cm³/mol. The molecule has 2 rings (SSSR count). The Morgan fingerprint density at radius 3 is 2.72 bits per heavy atom. The number of nitrogens with one attached hydrogen (secondary N) is 1. The molecule has 0 aliphatic carbocycles. The van der Waals surface area contributed by atoms with Gasteiger partial charge in [-0.1, -0.05) is 0 Å². The number of piperazine rings is 1. The largest absolute Gasteiger partial charge is 0.462 e. The second-order valence-electron chi connectivity index (χ2n) is 4.71. The van der Waals surface area contributed by atoms with E-state index in [0.717, 1.165) is 44.2 Å². The van der Waals surface area contributed by atoms with Crippen molar-refractivity contribution in [3.8, 4) is 0 Å². The Hall–Kier alpha value is -1.55. The van der Waals surface area contributed by atoms with E-state index in [1.807, 2.05) is 24.0 Å². The lowest BCUT2D eigenvalue weighted by molar-refractivity contribution is -0.902. The maximum atomic E-state index is 12.0. The molecule has 0 aromatic carbocycles. The Balaban J connectivity index is 1.87. The van der Waals surface area contributed by atoms with Crippen molar-refractivity contribution >= 4 is 12.0 Å². The first-order valence-corrected chi connectivity index (χ1v) is 6.56. The van der Waals surface area contributed by atoms with Crippen LogP contribution in [-0.2, 0) is 4.79 Å². The molecule has 1 saturated heterocycles. The van der Waals surface area contributed by atoms with Crippen LogP contribution >= 0.6 is 0 Å². The molecule has 1 aliphatic heterocycles. The first kappa shape index (κ1) is 12.9. The Morgan fingerprint density at radius 2 is 2.17 bits per heavy atom. The SMILES string of the molecule is CC[NH+]1CCN(C(=O)/C=C\c2ccc(C)o2)CC1. The van der Waals surface area contributed by atoms with Crippen molar-refractivity contribution < 1.29 is 14.1 Å². The number of carbonyl (C=O) groups excluding carboxylic acids is 1. The van der Waals surface area contributed by atoms with Crippen LogP contribution in [0.5, 0.6) is 0 Å². The Kier molecular flexibility index (Phi) is 4.20. The second-order valence-corrected chi connectivity index (χ2v) is 4.71. The molecular formula is C14H21N2O2+. The Labute approximate surface area is 108 Å². The number of carbonyl (C=O) groups is 1. The lowest BCUT2D eigenvalue weighted by Crippen LogP contribution is -3.14. The van der Waals surface area contributed by atoms with Crippen LogP contribution in [0.1, 0.15) is 18.4 Å². The zero-order valence-corrected chi connectivity index (χ0v) is 11.1. The van der Waals surface area contributed by atoms with Crippen LogP contribution in [0, 0.1) is 6.92 Å². The van der Waals surface area contributed by atoms with Crippen LogP contribution < -0.4 is 4.90 Å². The molecule has 0 bridgehead atoms. The van der Waals surface area contributed by atoms with Gasteiger partial charge in [-0.25, -0.2) is 0 Å². The van der Waals surface area contributed by atoms with E-state index in [0.29, 0.717) is 0 Å². The van der Waals surface area contributed by atoms with Gasteiger partial charge in [0.05, 0.1) is 32.7 Å². The summed E-state index contributed by atoms with van der Waals surface area (Å²) in [6.45, 7) is 9.03. The molecule has 2 heterocycles. The molecule has 0 spiro atoms. The van der Waals surface area contributed by atoms with Gasteiger partial charge >= 0.3 is 0 Å². The number of likely N-dealkylation sites (N-methyl/N-ethyl adjacent to an activating group) is 1. The molecule has 1 aliphatic rings. The summed E-state index contributed by atoms with van der Waals surface area (Å²) in [4.78, 5) is 15.4. The third-order valence-corrected chi connectivity index (χ3v) is 3.43. The van der Waals surface area contributed by atoms with Crippen molar-refractivity contribution in [1.82, 2.24) is 4.90 Å². The highest BCUT2D eigenvalue weighted by Crippen LogP contribution is 2.08. The molecule has 1 aromatic rings. The van der Waals surface area contributed by atoms with E-state index in [2.05, 4.69) is 6.92 Å². The summed E-state index contributed by atoms with van der Waals surface area (Å²) in [7, 11) is 0.